The van der Waals surface area contributed by atoms with Gasteiger partial charge in [0, 0.05) is 11.6 Å². The van der Waals surface area contributed by atoms with E-state index in [2.05, 4.69) is 5.32 Å². The van der Waals surface area contributed by atoms with Crippen molar-refractivity contribution in [3.8, 4) is 0 Å². The Bertz CT molecular complexity index is 482. The van der Waals surface area contributed by atoms with E-state index in [9.17, 15) is 14.4 Å². The van der Waals surface area contributed by atoms with Gasteiger partial charge in [0.2, 0.25) is 5.91 Å². The molecule has 0 aromatic carbocycles. The number of β-lactam (4-membered cyclic amide) rings is 1. The molecule has 2 aliphatic heterocycles. The molecule has 0 aromatic heterocycles. The maximum atomic E-state index is 11.9. The number of nitrogens with one attached hydrogen (secondary N) is 1. The minimum absolute atomic E-state index is 0.0594. The van der Waals surface area contributed by atoms with Crippen LogP contribution in [0.1, 0.15) is 0 Å². The first-order valence-electron chi connectivity index (χ1n) is 5.32. The van der Waals surface area contributed by atoms with Crippen LogP contribution >= 0.6 is 35.0 Å². The summed E-state index contributed by atoms with van der Waals surface area (Å²) in [6, 6.07) is -0.720. The van der Waals surface area contributed by atoms with Crippen LogP contribution in [0.5, 0.6) is 0 Å². The molecule has 2 N–H and O–H groups in total. The number of carbonyl (C=O) groups excluding carboxylic acids is 2. The number of nitrogens with zero attached hydrogens (tertiary/aromatic N) is 1. The van der Waals surface area contributed by atoms with E-state index >= 15 is 0 Å². The largest absolute Gasteiger partial charge is 0.477 e. The Morgan fingerprint density at radius 2 is 2.16 bits per heavy atom. The van der Waals surface area contributed by atoms with Crippen LogP contribution in [0.15, 0.2) is 11.3 Å². The first-order chi connectivity index (χ1) is 9.01. The first kappa shape index (κ1) is 14.5. The summed E-state index contributed by atoms with van der Waals surface area (Å²) in [7, 11) is 0. The summed E-state index contributed by atoms with van der Waals surface area (Å²) in [5, 5.41) is 11.2. The minimum Gasteiger partial charge on any atom is -0.477 e. The number of halogens is 2. The maximum Gasteiger partial charge on any atom is 0.352 e. The van der Waals surface area contributed by atoms with Gasteiger partial charge >= 0.3 is 5.97 Å². The average molecular weight is 325 g/mol. The Morgan fingerprint density at radius 1 is 1.47 bits per heavy atom. The number of carbonyl (C=O) groups is 3. The molecule has 104 valence electrons. The van der Waals surface area contributed by atoms with Gasteiger partial charge in [-0.05, 0) is 5.57 Å². The molecule has 0 bridgehead atoms. The van der Waals surface area contributed by atoms with Gasteiger partial charge in [0.25, 0.3) is 5.91 Å². The first-order valence-corrected chi connectivity index (χ1v) is 7.44. The van der Waals surface area contributed by atoms with E-state index in [0.717, 1.165) is 0 Å². The summed E-state index contributed by atoms with van der Waals surface area (Å²) in [6.07, 6.45) is 0. The molecular weight excluding hydrogens is 315 g/mol. The van der Waals surface area contributed by atoms with Crippen molar-refractivity contribution in [2.24, 2.45) is 0 Å². The zero-order valence-electron chi connectivity index (χ0n) is 9.56. The van der Waals surface area contributed by atoms with E-state index in [4.69, 9.17) is 28.3 Å². The Hall–Kier alpha value is -0.920. The fourth-order valence-corrected chi connectivity index (χ4v) is 3.75. The number of alkyl halides is 2. The SMILES string of the molecule is O=C(CCl)NC1C(=O)N2C(C(=O)O)=C(CCl)CS[C@H]12. The van der Waals surface area contributed by atoms with Crippen LogP contribution in [-0.2, 0) is 14.4 Å². The number of aliphatic carboxylic acids is 1. The van der Waals surface area contributed by atoms with Crippen molar-refractivity contribution in [1.82, 2.24) is 10.2 Å². The third-order valence-corrected chi connectivity index (χ3v) is 4.75. The molecular formula is C10H10Cl2N2O4S. The van der Waals surface area contributed by atoms with Crippen molar-refractivity contribution >= 4 is 52.7 Å². The average Bonchev–Trinajstić information content (AvgIpc) is 2.42. The van der Waals surface area contributed by atoms with Crippen molar-refractivity contribution in [2.45, 2.75) is 11.4 Å². The van der Waals surface area contributed by atoms with E-state index < -0.39 is 29.2 Å². The number of hydrogen-bond acceptors (Lipinski definition) is 4. The van der Waals surface area contributed by atoms with Crippen molar-refractivity contribution in [3.05, 3.63) is 11.3 Å². The number of amides is 2. The smallest absolute Gasteiger partial charge is 0.352 e. The summed E-state index contributed by atoms with van der Waals surface area (Å²) in [6.45, 7) is 0. The summed E-state index contributed by atoms with van der Waals surface area (Å²) in [5.41, 5.74) is 0.436. The number of thioether (sulfide) groups is 1. The molecule has 2 rings (SSSR count). The molecule has 0 aliphatic carbocycles. The summed E-state index contributed by atoms with van der Waals surface area (Å²) in [5.74, 6) is -1.84. The normalized spacial score (nSPS) is 25.8. The second-order valence-corrected chi connectivity index (χ2v) is 5.62. The van der Waals surface area contributed by atoms with E-state index in [1.54, 1.807) is 0 Å². The van der Waals surface area contributed by atoms with Crippen molar-refractivity contribution in [1.29, 1.82) is 0 Å². The van der Waals surface area contributed by atoms with Crippen LogP contribution in [-0.4, -0.2) is 56.7 Å². The Balaban J connectivity index is 2.21. The van der Waals surface area contributed by atoms with Gasteiger partial charge in [0.15, 0.2) is 0 Å². The minimum atomic E-state index is -1.18. The molecule has 0 spiro atoms. The number of rotatable bonds is 4. The third-order valence-electron chi connectivity index (χ3n) is 2.85. The highest BCUT2D eigenvalue weighted by Crippen LogP contribution is 2.40. The standard InChI is InChI=1S/C10H10Cl2N2O4S/c11-1-4-3-19-9-6(13-5(15)2-12)8(16)14(9)7(4)10(17)18/h6,9H,1-3H2,(H,13,15)(H,17,18)/t6?,9-/m1/s1. The molecule has 2 aliphatic rings. The lowest BCUT2D eigenvalue weighted by atomic mass is 10.0. The lowest BCUT2D eigenvalue weighted by Crippen LogP contribution is -2.70. The van der Waals surface area contributed by atoms with Gasteiger partial charge in [-0.1, -0.05) is 0 Å². The number of carboxylic acids is 1. The van der Waals surface area contributed by atoms with Crippen LogP contribution in [0.25, 0.3) is 0 Å². The number of fused-ring (bicyclic) bond motifs is 1. The highest BCUT2D eigenvalue weighted by Gasteiger charge is 2.53. The van der Waals surface area contributed by atoms with Crippen molar-refractivity contribution in [3.63, 3.8) is 0 Å². The van der Waals surface area contributed by atoms with Gasteiger partial charge in [0.1, 0.15) is 23.0 Å². The fourth-order valence-electron chi connectivity index (χ4n) is 2.00. The molecule has 1 saturated heterocycles. The molecule has 2 atom stereocenters. The monoisotopic (exact) mass is 324 g/mol. The third kappa shape index (κ3) is 2.42. The van der Waals surface area contributed by atoms with Gasteiger partial charge in [-0.15, -0.1) is 35.0 Å². The molecule has 6 nitrogen and oxygen atoms in total. The fraction of sp³-hybridized carbons (Fsp3) is 0.500. The second-order valence-electron chi connectivity index (χ2n) is 3.98. The highest BCUT2D eigenvalue weighted by molar-refractivity contribution is 8.00. The van der Waals surface area contributed by atoms with Gasteiger partial charge in [-0.3, -0.25) is 14.5 Å². The number of hydrogen-bond donors (Lipinski definition) is 2. The molecule has 0 radical (unpaired) electrons. The van der Waals surface area contributed by atoms with Crippen molar-refractivity contribution < 1.29 is 19.5 Å². The van der Waals surface area contributed by atoms with Crippen LogP contribution < -0.4 is 5.32 Å². The molecule has 2 heterocycles. The summed E-state index contributed by atoms with van der Waals surface area (Å²) >= 11 is 12.4. The quantitative estimate of drug-likeness (QED) is 0.570. The highest BCUT2D eigenvalue weighted by atomic mass is 35.5. The van der Waals surface area contributed by atoms with Gasteiger partial charge < -0.3 is 10.4 Å². The molecule has 2 amide bonds. The van der Waals surface area contributed by atoms with Gasteiger partial charge in [-0.2, -0.15) is 0 Å². The lowest BCUT2D eigenvalue weighted by molar-refractivity contribution is -0.150. The van der Waals surface area contributed by atoms with Crippen LogP contribution in [0.3, 0.4) is 0 Å². The second kappa shape index (κ2) is 5.60. The Kier molecular flexibility index (Phi) is 4.27. The van der Waals surface area contributed by atoms with Crippen molar-refractivity contribution in [2.75, 3.05) is 17.5 Å². The number of carboxylic acid groups (broad SMARTS) is 1. The van der Waals surface area contributed by atoms with Crippen LogP contribution in [0.4, 0.5) is 0 Å². The molecule has 0 aromatic rings. The Labute approximate surface area is 123 Å². The Morgan fingerprint density at radius 3 is 2.68 bits per heavy atom. The molecule has 1 unspecified atom stereocenters. The van der Waals surface area contributed by atoms with Crippen LogP contribution in [0, 0.1) is 0 Å². The molecule has 19 heavy (non-hydrogen) atoms. The zero-order valence-corrected chi connectivity index (χ0v) is 11.9. The predicted molar refractivity (Wildman–Crippen MR) is 71.1 cm³/mol. The van der Waals surface area contributed by atoms with Crippen LogP contribution in [0.2, 0.25) is 0 Å². The predicted octanol–water partition coefficient (Wildman–Crippen LogP) is 0.203. The summed E-state index contributed by atoms with van der Waals surface area (Å²) in [4.78, 5) is 35.5. The van der Waals surface area contributed by atoms with Gasteiger partial charge in [-0.25, -0.2) is 4.79 Å². The van der Waals surface area contributed by atoms with Gasteiger partial charge in [0.05, 0.1) is 0 Å². The molecule has 1 fully saturated rings. The summed E-state index contributed by atoms with van der Waals surface area (Å²) < 4.78 is 0. The molecule has 0 saturated carbocycles. The maximum absolute atomic E-state index is 11.9. The molecule has 9 heteroatoms. The van der Waals surface area contributed by atoms with E-state index in [1.807, 2.05) is 0 Å². The van der Waals surface area contributed by atoms with E-state index in [0.29, 0.717) is 11.3 Å². The topological polar surface area (TPSA) is 86.7 Å². The zero-order chi connectivity index (χ0) is 14.2. The van der Waals surface area contributed by atoms with E-state index in [-0.39, 0.29) is 17.5 Å². The van der Waals surface area contributed by atoms with E-state index in [1.165, 1.54) is 16.7 Å². The lowest BCUT2D eigenvalue weighted by Gasteiger charge is -2.49.